The number of carbonyl (C=O) groups is 1. The molecule has 2 rings (SSSR count). The van der Waals surface area contributed by atoms with Gasteiger partial charge in [-0.1, -0.05) is 12.8 Å². The molecule has 0 spiro atoms. The van der Waals surface area contributed by atoms with Gasteiger partial charge in [-0.15, -0.1) is 0 Å². The van der Waals surface area contributed by atoms with Crippen molar-refractivity contribution in [1.82, 2.24) is 5.32 Å². The average molecular weight is 197 g/mol. The van der Waals surface area contributed by atoms with Gasteiger partial charge in [0.05, 0.1) is 12.5 Å². The molecule has 1 heterocycles. The van der Waals surface area contributed by atoms with E-state index in [1.54, 1.807) is 0 Å². The minimum Gasteiger partial charge on any atom is -0.469 e. The maximum Gasteiger partial charge on any atom is 0.313 e. The van der Waals surface area contributed by atoms with Crippen LogP contribution in [0.15, 0.2) is 0 Å². The predicted octanol–water partition coefficient (Wildman–Crippen LogP) is 1.47. The Labute approximate surface area is 85.2 Å². The maximum absolute atomic E-state index is 11.9. The van der Waals surface area contributed by atoms with Crippen LogP contribution in [0.25, 0.3) is 0 Å². The molecule has 1 saturated carbocycles. The number of piperidine rings is 1. The average Bonchev–Trinajstić information content (AvgIpc) is 2.28. The Morgan fingerprint density at radius 3 is 2.93 bits per heavy atom. The molecule has 2 atom stereocenters. The van der Waals surface area contributed by atoms with E-state index in [1.165, 1.54) is 20.0 Å². The van der Waals surface area contributed by atoms with E-state index in [0.29, 0.717) is 6.04 Å². The van der Waals surface area contributed by atoms with Gasteiger partial charge in [-0.2, -0.15) is 0 Å². The number of esters is 1. The summed E-state index contributed by atoms with van der Waals surface area (Å²) in [4.78, 5) is 11.9. The lowest BCUT2D eigenvalue weighted by atomic mass is 9.66. The Balaban J connectivity index is 2.20. The van der Waals surface area contributed by atoms with Gasteiger partial charge in [0.15, 0.2) is 0 Å². The highest BCUT2D eigenvalue weighted by Crippen LogP contribution is 2.43. The van der Waals surface area contributed by atoms with Crippen molar-refractivity contribution in [3.63, 3.8) is 0 Å². The second-order valence-electron chi connectivity index (χ2n) is 4.50. The lowest BCUT2D eigenvalue weighted by Gasteiger charge is -2.45. The molecule has 0 aromatic rings. The molecule has 3 nitrogen and oxygen atoms in total. The summed E-state index contributed by atoms with van der Waals surface area (Å²) in [6.07, 6.45) is 6.68. The van der Waals surface area contributed by atoms with Gasteiger partial charge in [0.1, 0.15) is 0 Å². The summed E-state index contributed by atoms with van der Waals surface area (Å²) in [5.74, 6) is 0.00870. The van der Waals surface area contributed by atoms with Crippen molar-refractivity contribution in [3.05, 3.63) is 0 Å². The molecule has 0 radical (unpaired) electrons. The van der Waals surface area contributed by atoms with Crippen molar-refractivity contribution in [2.45, 2.75) is 44.6 Å². The summed E-state index contributed by atoms with van der Waals surface area (Å²) in [7, 11) is 1.51. The fraction of sp³-hybridized carbons (Fsp3) is 0.909. The van der Waals surface area contributed by atoms with Gasteiger partial charge in [-0.25, -0.2) is 0 Å². The van der Waals surface area contributed by atoms with Crippen molar-refractivity contribution < 1.29 is 9.53 Å². The molecule has 14 heavy (non-hydrogen) atoms. The summed E-state index contributed by atoms with van der Waals surface area (Å²) in [5.41, 5.74) is -0.189. The summed E-state index contributed by atoms with van der Waals surface area (Å²) in [5, 5.41) is 3.48. The van der Waals surface area contributed by atoms with Crippen LogP contribution in [0.5, 0.6) is 0 Å². The molecule has 1 saturated heterocycles. The molecule has 0 aromatic carbocycles. The second-order valence-corrected chi connectivity index (χ2v) is 4.50. The monoisotopic (exact) mass is 197 g/mol. The van der Waals surface area contributed by atoms with Gasteiger partial charge in [-0.3, -0.25) is 4.79 Å². The zero-order chi connectivity index (χ0) is 10.0. The molecule has 0 unspecified atom stereocenters. The van der Waals surface area contributed by atoms with Crippen LogP contribution in [0.2, 0.25) is 0 Å². The molecule has 0 bridgehead atoms. The fourth-order valence-electron chi connectivity index (χ4n) is 3.07. The number of carbonyl (C=O) groups excluding carboxylic acids is 1. The molecular formula is C11H19NO2. The minimum atomic E-state index is -0.189. The Hall–Kier alpha value is -0.570. The van der Waals surface area contributed by atoms with Gasteiger partial charge in [0.2, 0.25) is 0 Å². The third-order valence-corrected chi connectivity index (χ3v) is 3.82. The summed E-state index contributed by atoms with van der Waals surface area (Å²) in [6.45, 7) is 1.06. The molecule has 3 heteroatoms. The largest absolute Gasteiger partial charge is 0.469 e. The number of ether oxygens (including phenoxy) is 1. The van der Waals surface area contributed by atoms with E-state index >= 15 is 0 Å². The van der Waals surface area contributed by atoms with Crippen LogP contribution in [0, 0.1) is 5.41 Å². The fourth-order valence-corrected chi connectivity index (χ4v) is 3.07. The van der Waals surface area contributed by atoms with Gasteiger partial charge in [0.25, 0.3) is 0 Å². The lowest BCUT2D eigenvalue weighted by Crippen LogP contribution is -2.55. The van der Waals surface area contributed by atoms with Gasteiger partial charge >= 0.3 is 5.97 Å². The first-order chi connectivity index (χ1) is 6.79. The normalized spacial score (nSPS) is 37.4. The number of hydrogen-bond donors (Lipinski definition) is 1. The van der Waals surface area contributed by atoms with E-state index in [1.807, 2.05) is 0 Å². The Bertz CT molecular complexity index is 215. The first kappa shape index (κ1) is 9.97. The third kappa shape index (κ3) is 1.44. The summed E-state index contributed by atoms with van der Waals surface area (Å²) < 4.78 is 4.97. The number of nitrogens with one attached hydrogen (secondary N) is 1. The molecule has 1 aliphatic carbocycles. The van der Waals surface area contributed by atoms with Crippen LogP contribution in [-0.4, -0.2) is 25.7 Å². The Morgan fingerprint density at radius 1 is 1.36 bits per heavy atom. The quantitative estimate of drug-likeness (QED) is 0.647. The molecule has 2 aliphatic rings. The van der Waals surface area contributed by atoms with Gasteiger partial charge < -0.3 is 10.1 Å². The summed E-state index contributed by atoms with van der Waals surface area (Å²) in [6, 6.07) is 0.373. The zero-order valence-electron chi connectivity index (χ0n) is 8.84. The minimum absolute atomic E-state index is 0.00870. The highest BCUT2D eigenvalue weighted by atomic mass is 16.5. The topological polar surface area (TPSA) is 38.3 Å². The van der Waals surface area contributed by atoms with Crippen LogP contribution in [0.3, 0.4) is 0 Å². The molecular weight excluding hydrogens is 178 g/mol. The van der Waals surface area contributed by atoms with Crippen LogP contribution in [0.1, 0.15) is 38.5 Å². The number of hydrogen-bond acceptors (Lipinski definition) is 3. The predicted molar refractivity (Wildman–Crippen MR) is 53.9 cm³/mol. The SMILES string of the molecule is COC(=O)[C@]12CCCC[C@@H]1NCCC2. The lowest BCUT2D eigenvalue weighted by molar-refractivity contribution is -0.159. The second kappa shape index (κ2) is 3.89. The molecule has 80 valence electrons. The van der Waals surface area contributed by atoms with Crippen molar-refractivity contribution in [3.8, 4) is 0 Å². The van der Waals surface area contributed by atoms with E-state index < -0.39 is 0 Å². The van der Waals surface area contributed by atoms with Crippen LogP contribution in [-0.2, 0) is 9.53 Å². The zero-order valence-corrected chi connectivity index (χ0v) is 8.84. The number of methoxy groups -OCH3 is 1. The smallest absolute Gasteiger partial charge is 0.313 e. The van der Waals surface area contributed by atoms with Gasteiger partial charge in [-0.05, 0) is 32.2 Å². The highest BCUT2D eigenvalue weighted by Gasteiger charge is 2.48. The Kier molecular flexibility index (Phi) is 2.77. The number of fused-ring (bicyclic) bond motifs is 1. The maximum atomic E-state index is 11.9. The molecule has 2 fully saturated rings. The van der Waals surface area contributed by atoms with E-state index in [0.717, 1.165) is 32.2 Å². The van der Waals surface area contributed by atoms with Crippen LogP contribution >= 0.6 is 0 Å². The number of rotatable bonds is 1. The van der Waals surface area contributed by atoms with E-state index in [9.17, 15) is 4.79 Å². The summed E-state index contributed by atoms with van der Waals surface area (Å²) >= 11 is 0. The Morgan fingerprint density at radius 2 is 2.14 bits per heavy atom. The van der Waals surface area contributed by atoms with Crippen LogP contribution in [0.4, 0.5) is 0 Å². The van der Waals surface area contributed by atoms with E-state index in [2.05, 4.69) is 5.32 Å². The first-order valence-electron chi connectivity index (χ1n) is 5.61. The molecule has 1 N–H and O–H groups in total. The van der Waals surface area contributed by atoms with Crippen molar-refractivity contribution >= 4 is 5.97 Å². The van der Waals surface area contributed by atoms with Crippen molar-refractivity contribution in [2.24, 2.45) is 5.41 Å². The molecule has 1 aliphatic heterocycles. The molecule has 0 amide bonds. The third-order valence-electron chi connectivity index (χ3n) is 3.82. The van der Waals surface area contributed by atoms with E-state index in [4.69, 9.17) is 4.74 Å². The molecule has 0 aromatic heterocycles. The van der Waals surface area contributed by atoms with Crippen LogP contribution < -0.4 is 5.32 Å². The van der Waals surface area contributed by atoms with E-state index in [-0.39, 0.29) is 11.4 Å². The van der Waals surface area contributed by atoms with Crippen molar-refractivity contribution in [1.29, 1.82) is 0 Å². The van der Waals surface area contributed by atoms with Gasteiger partial charge in [0, 0.05) is 6.04 Å². The first-order valence-corrected chi connectivity index (χ1v) is 5.61. The highest BCUT2D eigenvalue weighted by molar-refractivity contribution is 5.78. The standard InChI is InChI=1S/C11H19NO2/c1-14-10(13)11-6-3-2-5-9(11)12-8-4-7-11/h9,12H,2-8H2,1H3/t9-,11-/m0/s1. The van der Waals surface area contributed by atoms with Crippen molar-refractivity contribution in [2.75, 3.05) is 13.7 Å².